The van der Waals surface area contributed by atoms with Crippen molar-refractivity contribution in [1.29, 1.82) is 0 Å². The summed E-state index contributed by atoms with van der Waals surface area (Å²) in [7, 11) is 0. The highest BCUT2D eigenvalue weighted by molar-refractivity contribution is 6.39. The molecule has 0 fully saturated rings. The van der Waals surface area contributed by atoms with Gasteiger partial charge in [0.25, 0.3) is 5.91 Å². The number of aryl methyl sites for hydroxylation is 2. The van der Waals surface area contributed by atoms with Crippen LogP contribution in [0, 0.1) is 25.5 Å². The molecule has 8 heteroatoms. The Kier molecular flexibility index (Phi) is 4.76. The monoisotopic (exact) mass is 412 g/mol. The molecule has 4 aromatic rings. The zero-order chi connectivity index (χ0) is 20.7. The summed E-state index contributed by atoms with van der Waals surface area (Å²) < 4.78 is 28.8. The van der Waals surface area contributed by atoms with Gasteiger partial charge in [0.1, 0.15) is 11.6 Å². The van der Waals surface area contributed by atoms with E-state index in [9.17, 15) is 13.6 Å². The second kappa shape index (κ2) is 7.25. The number of carbonyl (C=O) groups is 1. The van der Waals surface area contributed by atoms with Crippen LogP contribution in [-0.2, 0) is 0 Å². The highest BCUT2D eigenvalue weighted by atomic mass is 35.5. The van der Waals surface area contributed by atoms with E-state index in [-0.39, 0.29) is 16.3 Å². The van der Waals surface area contributed by atoms with Gasteiger partial charge >= 0.3 is 0 Å². The number of rotatable bonds is 3. The number of hydrogen-bond donors (Lipinski definition) is 1. The fourth-order valence-corrected chi connectivity index (χ4v) is 3.37. The lowest BCUT2D eigenvalue weighted by Crippen LogP contribution is -2.14. The Morgan fingerprint density at radius 3 is 2.55 bits per heavy atom. The highest BCUT2D eigenvalue weighted by Gasteiger charge is 2.21. The Bertz CT molecular complexity index is 1250. The number of halogens is 3. The molecule has 0 aliphatic carbocycles. The number of nitrogens with zero attached hydrogens (tertiary/aromatic N) is 3. The van der Waals surface area contributed by atoms with E-state index in [1.54, 1.807) is 11.6 Å². The van der Waals surface area contributed by atoms with Crippen LogP contribution in [0.5, 0.6) is 0 Å². The summed E-state index contributed by atoms with van der Waals surface area (Å²) in [4.78, 5) is 17.0. The number of nitrogens with one attached hydrogen (secondary N) is 1. The quantitative estimate of drug-likeness (QED) is 0.501. The van der Waals surface area contributed by atoms with Crippen LogP contribution in [0.2, 0.25) is 5.02 Å². The van der Waals surface area contributed by atoms with E-state index in [0.29, 0.717) is 16.7 Å². The summed E-state index contributed by atoms with van der Waals surface area (Å²) in [5.74, 6) is -2.12. The Hall–Kier alpha value is -3.32. The maximum absolute atomic E-state index is 13.8. The highest BCUT2D eigenvalue weighted by Crippen LogP contribution is 2.30. The number of hydrogen-bond acceptors (Lipinski definition) is 3. The topological polar surface area (TPSA) is 59.8 Å². The Balaban J connectivity index is 1.76. The fourth-order valence-electron chi connectivity index (χ4n) is 3.02. The van der Waals surface area contributed by atoms with E-state index in [1.807, 2.05) is 31.2 Å². The lowest BCUT2D eigenvalue weighted by atomic mass is 10.2. The van der Waals surface area contributed by atoms with Crippen LogP contribution in [-0.4, -0.2) is 20.7 Å². The van der Waals surface area contributed by atoms with Gasteiger partial charge in [-0.3, -0.25) is 4.79 Å². The number of aromatic nitrogens is 3. The number of amides is 1. The van der Waals surface area contributed by atoms with Gasteiger partial charge in [0.15, 0.2) is 5.65 Å². The Labute approximate surface area is 169 Å². The molecule has 1 amide bonds. The molecule has 0 bridgehead atoms. The van der Waals surface area contributed by atoms with E-state index >= 15 is 0 Å². The van der Waals surface area contributed by atoms with E-state index in [0.717, 1.165) is 29.4 Å². The molecule has 0 saturated carbocycles. The number of pyridine rings is 1. The molecule has 0 saturated heterocycles. The molecule has 1 N–H and O–H groups in total. The summed E-state index contributed by atoms with van der Waals surface area (Å²) in [5, 5.41) is 7.47. The molecule has 0 unspecified atom stereocenters. The second-order valence-corrected chi connectivity index (χ2v) is 6.97. The number of benzene rings is 2. The Morgan fingerprint density at radius 2 is 1.83 bits per heavy atom. The molecule has 29 heavy (non-hydrogen) atoms. The normalized spacial score (nSPS) is 11.1. The molecule has 5 nitrogen and oxygen atoms in total. The third-order valence-corrected chi connectivity index (χ3v) is 4.90. The maximum atomic E-state index is 13.8. The standard InChI is InChI=1S/C21H15ClF2N4O/c1-11-3-6-14(7-4-11)28-20-18(12(2)27-28)19(22)15(10-25-20)21(29)26-17-9-13(23)5-8-16(17)24/h3-10H,1-2H3,(H,26,29). The lowest BCUT2D eigenvalue weighted by Gasteiger charge is -2.09. The van der Waals surface area contributed by atoms with Crippen molar-refractivity contribution in [2.75, 3.05) is 5.32 Å². The summed E-state index contributed by atoms with van der Waals surface area (Å²) in [5.41, 5.74) is 2.75. The van der Waals surface area contributed by atoms with Gasteiger partial charge in [0, 0.05) is 12.3 Å². The molecule has 0 aliphatic heterocycles. The minimum atomic E-state index is -0.756. The van der Waals surface area contributed by atoms with Crippen molar-refractivity contribution < 1.29 is 13.6 Å². The predicted molar refractivity (Wildman–Crippen MR) is 108 cm³/mol. The smallest absolute Gasteiger partial charge is 0.258 e. The summed E-state index contributed by atoms with van der Waals surface area (Å²) in [6.45, 7) is 3.74. The third kappa shape index (κ3) is 3.45. The Morgan fingerprint density at radius 1 is 1.10 bits per heavy atom. The third-order valence-electron chi connectivity index (χ3n) is 4.51. The molecule has 2 heterocycles. The SMILES string of the molecule is Cc1ccc(-n2nc(C)c3c(Cl)c(C(=O)Nc4cc(F)ccc4F)cnc32)cc1. The van der Waals surface area contributed by atoms with Crippen molar-refractivity contribution in [2.24, 2.45) is 0 Å². The van der Waals surface area contributed by atoms with Gasteiger partial charge in [-0.25, -0.2) is 18.4 Å². The molecule has 4 rings (SSSR count). The molecule has 0 spiro atoms. The van der Waals surface area contributed by atoms with Crippen LogP contribution in [0.4, 0.5) is 14.5 Å². The van der Waals surface area contributed by atoms with Gasteiger partial charge < -0.3 is 5.32 Å². The molecular formula is C21H15ClF2N4O. The minimum absolute atomic E-state index is 0.0365. The average Bonchev–Trinajstić information content (AvgIpc) is 3.03. The first kappa shape index (κ1) is 19.0. The maximum Gasteiger partial charge on any atom is 0.258 e. The molecule has 2 aromatic heterocycles. The fraction of sp³-hybridized carbons (Fsp3) is 0.0952. The molecule has 0 aliphatic rings. The molecule has 146 valence electrons. The van der Waals surface area contributed by atoms with Gasteiger partial charge in [0.05, 0.1) is 33.0 Å². The van der Waals surface area contributed by atoms with Crippen molar-refractivity contribution in [1.82, 2.24) is 14.8 Å². The molecule has 2 aromatic carbocycles. The van der Waals surface area contributed by atoms with E-state index < -0.39 is 17.5 Å². The summed E-state index contributed by atoms with van der Waals surface area (Å²) in [6, 6.07) is 10.5. The summed E-state index contributed by atoms with van der Waals surface area (Å²) in [6.07, 6.45) is 1.29. The van der Waals surface area contributed by atoms with Gasteiger partial charge in [-0.15, -0.1) is 0 Å². The van der Waals surface area contributed by atoms with Gasteiger partial charge in [-0.1, -0.05) is 29.3 Å². The van der Waals surface area contributed by atoms with E-state index in [4.69, 9.17) is 11.6 Å². The first-order valence-electron chi connectivity index (χ1n) is 8.72. The summed E-state index contributed by atoms with van der Waals surface area (Å²) >= 11 is 6.48. The zero-order valence-corrected chi connectivity index (χ0v) is 16.3. The van der Waals surface area contributed by atoms with Gasteiger partial charge in [0.2, 0.25) is 0 Å². The largest absolute Gasteiger partial charge is 0.319 e. The van der Waals surface area contributed by atoms with Crippen LogP contribution >= 0.6 is 11.6 Å². The van der Waals surface area contributed by atoms with Crippen LogP contribution in [0.15, 0.2) is 48.7 Å². The van der Waals surface area contributed by atoms with E-state index in [2.05, 4.69) is 15.4 Å². The minimum Gasteiger partial charge on any atom is -0.319 e. The first-order chi connectivity index (χ1) is 13.8. The second-order valence-electron chi connectivity index (χ2n) is 6.60. The average molecular weight is 413 g/mol. The molecule has 0 atom stereocenters. The van der Waals surface area contributed by atoms with Crippen molar-refractivity contribution in [3.8, 4) is 5.69 Å². The van der Waals surface area contributed by atoms with Crippen LogP contribution < -0.4 is 5.32 Å². The molecule has 0 radical (unpaired) electrons. The first-order valence-corrected chi connectivity index (χ1v) is 9.10. The van der Waals surface area contributed by atoms with Crippen LogP contribution in [0.3, 0.4) is 0 Å². The van der Waals surface area contributed by atoms with Crippen LogP contribution in [0.25, 0.3) is 16.7 Å². The predicted octanol–water partition coefficient (Wildman–Crippen LogP) is 5.22. The molecular weight excluding hydrogens is 398 g/mol. The van der Waals surface area contributed by atoms with Crippen molar-refractivity contribution in [3.05, 3.63) is 82.1 Å². The van der Waals surface area contributed by atoms with Crippen LogP contribution in [0.1, 0.15) is 21.6 Å². The van der Waals surface area contributed by atoms with E-state index in [1.165, 1.54) is 6.20 Å². The van der Waals surface area contributed by atoms with Crippen molar-refractivity contribution in [3.63, 3.8) is 0 Å². The number of fused-ring (bicyclic) bond motifs is 1. The van der Waals surface area contributed by atoms with Gasteiger partial charge in [-0.2, -0.15) is 5.10 Å². The lowest BCUT2D eigenvalue weighted by molar-refractivity contribution is 0.102. The zero-order valence-electron chi connectivity index (χ0n) is 15.5. The van der Waals surface area contributed by atoms with Crippen molar-refractivity contribution >= 4 is 34.2 Å². The van der Waals surface area contributed by atoms with Crippen molar-refractivity contribution in [2.45, 2.75) is 13.8 Å². The number of anilines is 1. The van der Waals surface area contributed by atoms with Gasteiger partial charge in [-0.05, 0) is 38.1 Å². The number of carbonyl (C=O) groups excluding carboxylic acids is 1.